The fourth-order valence-electron chi connectivity index (χ4n) is 3.29. The van der Waals surface area contributed by atoms with Crippen molar-refractivity contribution < 1.29 is 19.4 Å². The van der Waals surface area contributed by atoms with E-state index in [2.05, 4.69) is 38.2 Å². The van der Waals surface area contributed by atoms with Crippen molar-refractivity contribution in [1.29, 1.82) is 0 Å². The van der Waals surface area contributed by atoms with Crippen molar-refractivity contribution in [3.63, 3.8) is 0 Å². The quantitative estimate of drug-likeness (QED) is 0.117. The normalized spacial score (nSPS) is 12.6. The molecule has 0 aromatic rings. The summed E-state index contributed by atoms with van der Waals surface area (Å²) in [6.45, 7) is 4.34. The first-order valence-corrected chi connectivity index (χ1v) is 12.3. The van der Waals surface area contributed by atoms with Gasteiger partial charge in [-0.2, -0.15) is 0 Å². The van der Waals surface area contributed by atoms with Crippen LogP contribution in [0, 0.1) is 0 Å². The highest BCUT2D eigenvalue weighted by molar-refractivity contribution is 5.77. The molecule has 4 nitrogen and oxygen atoms in total. The summed E-state index contributed by atoms with van der Waals surface area (Å²) in [5.74, 6) is -1.40. The number of carboxylic acid groups (broad SMARTS) is 1. The molecular weight excluding hydrogens is 376 g/mol. The van der Waals surface area contributed by atoms with Gasteiger partial charge in [0.2, 0.25) is 0 Å². The Labute approximate surface area is 185 Å². The molecule has 0 rings (SSSR count). The second-order valence-corrected chi connectivity index (χ2v) is 8.15. The zero-order chi connectivity index (χ0) is 22.3. The number of hydrogen-bond acceptors (Lipinski definition) is 3. The molecular formula is C26H46O4. The van der Waals surface area contributed by atoms with Gasteiger partial charge in [0.1, 0.15) is 0 Å². The first kappa shape index (κ1) is 28.4. The average Bonchev–Trinajstić information content (AvgIpc) is 2.73. The van der Waals surface area contributed by atoms with Gasteiger partial charge in [-0.3, -0.25) is 4.79 Å². The highest BCUT2D eigenvalue weighted by atomic mass is 16.6. The van der Waals surface area contributed by atoms with Crippen LogP contribution in [0.5, 0.6) is 0 Å². The monoisotopic (exact) mass is 422 g/mol. The third kappa shape index (κ3) is 19.7. The van der Waals surface area contributed by atoms with Gasteiger partial charge in [0.25, 0.3) is 0 Å². The molecule has 0 amide bonds. The average molecular weight is 423 g/mol. The molecule has 0 saturated carbocycles. The van der Waals surface area contributed by atoms with Crippen molar-refractivity contribution in [2.75, 3.05) is 0 Å². The van der Waals surface area contributed by atoms with E-state index in [1.807, 2.05) is 0 Å². The van der Waals surface area contributed by atoms with E-state index in [0.717, 1.165) is 57.8 Å². The minimum atomic E-state index is -1.03. The number of ether oxygens (including phenoxy) is 1. The maximum absolute atomic E-state index is 11.9. The van der Waals surface area contributed by atoms with Gasteiger partial charge in [-0.1, -0.05) is 89.5 Å². The number of aliphatic carboxylic acids is 1. The Morgan fingerprint density at radius 2 is 1.27 bits per heavy atom. The predicted molar refractivity (Wildman–Crippen MR) is 126 cm³/mol. The van der Waals surface area contributed by atoms with Gasteiger partial charge in [-0.25, -0.2) is 4.79 Å². The number of unbranched alkanes of at least 4 members (excludes halogenated alkanes) is 11. The molecule has 0 radical (unpaired) electrons. The zero-order valence-electron chi connectivity index (χ0n) is 19.6. The molecule has 0 spiro atoms. The van der Waals surface area contributed by atoms with Crippen LogP contribution in [0.25, 0.3) is 0 Å². The summed E-state index contributed by atoms with van der Waals surface area (Å²) in [5, 5.41) is 9.20. The second-order valence-electron chi connectivity index (χ2n) is 8.15. The maximum Gasteiger partial charge on any atom is 0.345 e. The molecule has 1 atom stereocenters. The fraction of sp³-hybridized carbons (Fsp3) is 0.769. The first-order valence-electron chi connectivity index (χ1n) is 12.3. The Hall–Kier alpha value is -1.58. The summed E-state index contributed by atoms with van der Waals surface area (Å²) in [4.78, 5) is 23.1. The molecule has 1 N–H and O–H groups in total. The van der Waals surface area contributed by atoms with E-state index in [1.165, 1.54) is 38.5 Å². The molecule has 1 unspecified atom stereocenters. The lowest BCUT2D eigenvalue weighted by Crippen LogP contribution is -2.27. The van der Waals surface area contributed by atoms with E-state index in [4.69, 9.17) is 4.74 Å². The zero-order valence-corrected chi connectivity index (χ0v) is 19.6. The van der Waals surface area contributed by atoms with Crippen molar-refractivity contribution in [3.8, 4) is 0 Å². The number of hydrogen-bond donors (Lipinski definition) is 1. The van der Waals surface area contributed by atoms with E-state index < -0.39 is 12.1 Å². The summed E-state index contributed by atoms with van der Waals surface area (Å²) in [7, 11) is 0. The molecule has 0 saturated heterocycles. The minimum absolute atomic E-state index is 0.323. The summed E-state index contributed by atoms with van der Waals surface area (Å²) in [6.07, 6.45) is 25.3. The molecule has 30 heavy (non-hydrogen) atoms. The lowest BCUT2D eigenvalue weighted by Gasteiger charge is -2.13. The highest BCUT2D eigenvalue weighted by Gasteiger charge is 2.21. The van der Waals surface area contributed by atoms with Gasteiger partial charge in [0.15, 0.2) is 6.10 Å². The lowest BCUT2D eigenvalue weighted by molar-refractivity contribution is -0.164. The minimum Gasteiger partial charge on any atom is -0.479 e. The molecule has 0 aliphatic carbocycles. The molecule has 0 fully saturated rings. The number of allylic oxidation sites excluding steroid dienone is 4. The number of esters is 1. The summed E-state index contributed by atoms with van der Waals surface area (Å²) < 4.78 is 5.16. The number of rotatable bonds is 21. The van der Waals surface area contributed by atoms with Crippen molar-refractivity contribution in [2.24, 2.45) is 0 Å². The van der Waals surface area contributed by atoms with Crippen LogP contribution in [0.3, 0.4) is 0 Å². The smallest absolute Gasteiger partial charge is 0.345 e. The van der Waals surface area contributed by atoms with Crippen LogP contribution in [0.1, 0.15) is 123 Å². The van der Waals surface area contributed by atoms with Gasteiger partial charge in [0.05, 0.1) is 0 Å². The SMILES string of the molecule is CCCCC/C=C\C/C=C\CCCCCCCC(=O)OC(CCCCCC)C(=O)O. The van der Waals surface area contributed by atoms with Gasteiger partial charge < -0.3 is 9.84 Å². The van der Waals surface area contributed by atoms with Crippen molar-refractivity contribution in [2.45, 2.75) is 129 Å². The predicted octanol–water partition coefficient (Wildman–Crippen LogP) is 7.77. The van der Waals surface area contributed by atoms with Crippen LogP contribution in [-0.4, -0.2) is 23.1 Å². The van der Waals surface area contributed by atoms with E-state index in [0.29, 0.717) is 12.8 Å². The molecule has 0 aliphatic rings. The Morgan fingerprint density at radius 3 is 1.90 bits per heavy atom. The van der Waals surface area contributed by atoms with Crippen molar-refractivity contribution in [1.82, 2.24) is 0 Å². The first-order chi connectivity index (χ1) is 14.6. The van der Waals surface area contributed by atoms with Crippen molar-refractivity contribution >= 4 is 11.9 Å². The van der Waals surface area contributed by atoms with E-state index in [9.17, 15) is 14.7 Å². The van der Waals surface area contributed by atoms with Crippen LogP contribution >= 0.6 is 0 Å². The fourth-order valence-corrected chi connectivity index (χ4v) is 3.29. The maximum atomic E-state index is 11.9. The van der Waals surface area contributed by atoms with E-state index in [-0.39, 0.29) is 5.97 Å². The Kier molecular flexibility index (Phi) is 20.9. The largest absolute Gasteiger partial charge is 0.479 e. The summed E-state index contributed by atoms with van der Waals surface area (Å²) in [6, 6.07) is 0. The Bertz CT molecular complexity index is 468. The van der Waals surface area contributed by atoms with Crippen molar-refractivity contribution in [3.05, 3.63) is 24.3 Å². The molecule has 0 bridgehead atoms. The van der Waals surface area contributed by atoms with Gasteiger partial charge >= 0.3 is 11.9 Å². The summed E-state index contributed by atoms with van der Waals surface area (Å²) in [5.41, 5.74) is 0. The van der Waals surface area contributed by atoms with Crippen LogP contribution in [0.15, 0.2) is 24.3 Å². The highest BCUT2D eigenvalue weighted by Crippen LogP contribution is 2.12. The molecule has 0 aromatic heterocycles. The number of carboxylic acids is 1. The van der Waals surface area contributed by atoms with Gasteiger partial charge in [-0.15, -0.1) is 0 Å². The Morgan fingerprint density at radius 1 is 0.733 bits per heavy atom. The van der Waals surface area contributed by atoms with Gasteiger partial charge in [-0.05, 0) is 51.4 Å². The van der Waals surface area contributed by atoms with Crippen LogP contribution in [0.4, 0.5) is 0 Å². The van der Waals surface area contributed by atoms with E-state index >= 15 is 0 Å². The second kappa shape index (κ2) is 22.1. The van der Waals surface area contributed by atoms with E-state index in [1.54, 1.807) is 0 Å². The molecule has 174 valence electrons. The lowest BCUT2D eigenvalue weighted by atomic mass is 10.1. The number of carbonyl (C=O) groups is 2. The standard InChI is InChI=1S/C26H46O4/c1-3-5-7-9-10-11-12-13-14-15-16-17-18-19-21-23-25(27)30-24(26(28)29)22-20-8-6-4-2/h10-11,13-14,24H,3-9,12,15-23H2,1-2H3,(H,28,29)/b11-10-,14-13-. The molecule has 0 heterocycles. The van der Waals surface area contributed by atoms with Crippen LogP contribution < -0.4 is 0 Å². The topological polar surface area (TPSA) is 63.6 Å². The molecule has 0 aromatic carbocycles. The molecule has 0 aliphatic heterocycles. The third-order valence-electron chi connectivity index (χ3n) is 5.20. The molecule has 4 heteroatoms. The number of carbonyl (C=O) groups excluding carboxylic acids is 1. The van der Waals surface area contributed by atoms with Gasteiger partial charge in [0, 0.05) is 6.42 Å². The third-order valence-corrected chi connectivity index (χ3v) is 5.20. The Balaban J connectivity index is 3.60. The summed E-state index contributed by atoms with van der Waals surface area (Å²) >= 11 is 0. The van der Waals surface area contributed by atoms with Crippen LogP contribution in [-0.2, 0) is 14.3 Å². The van der Waals surface area contributed by atoms with Crippen LogP contribution in [0.2, 0.25) is 0 Å².